The van der Waals surface area contributed by atoms with Crippen molar-refractivity contribution in [3.63, 3.8) is 0 Å². The van der Waals surface area contributed by atoms with Gasteiger partial charge in [-0.15, -0.1) is 0 Å². The van der Waals surface area contributed by atoms with Crippen molar-refractivity contribution in [2.24, 2.45) is 5.10 Å². The Hall–Kier alpha value is -3.98. The summed E-state index contributed by atoms with van der Waals surface area (Å²) < 4.78 is 11.4. The molecule has 0 saturated carbocycles. The molecule has 0 saturated heterocycles. The Morgan fingerprint density at radius 2 is 1.71 bits per heavy atom. The van der Waals surface area contributed by atoms with Crippen molar-refractivity contribution in [2.45, 2.75) is 13.8 Å². The van der Waals surface area contributed by atoms with E-state index in [0.29, 0.717) is 27.0 Å². The van der Waals surface area contributed by atoms with Gasteiger partial charge in [0, 0.05) is 10.2 Å². The number of aryl methyl sites for hydroxylation is 2. The van der Waals surface area contributed by atoms with Crippen LogP contribution in [0.4, 0.5) is 5.69 Å². The number of esters is 1. The highest BCUT2D eigenvalue weighted by Crippen LogP contribution is 2.29. The third kappa shape index (κ3) is 6.29. The molecule has 0 radical (unpaired) electrons. The van der Waals surface area contributed by atoms with Crippen LogP contribution < -0.4 is 20.2 Å². The molecule has 0 aromatic heterocycles. The predicted octanol–water partition coefficient (Wildman–Crippen LogP) is 4.38. The number of hydrogen-bond acceptors (Lipinski definition) is 6. The zero-order chi connectivity index (χ0) is 24.7. The normalized spacial score (nSPS) is 10.6. The second-order valence-electron chi connectivity index (χ2n) is 7.25. The van der Waals surface area contributed by atoms with E-state index in [4.69, 9.17) is 9.47 Å². The second kappa shape index (κ2) is 11.2. The minimum atomic E-state index is -0.915. The summed E-state index contributed by atoms with van der Waals surface area (Å²) in [7, 11) is 1.44. The average molecular weight is 524 g/mol. The maximum absolute atomic E-state index is 12.4. The van der Waals surface area contributed by atoms with E-state index in [1.807, 2.05) is 26.0 Å². The van der Waals surface area contributed by atoms with Gasteiger partial charge in [0.1, 0.15) is 0 Å². The number of carbonyl (C=O) groups is 3. The van der Waals surface area contributed by atoms with E-state index in [-0.39, 0.29) is 5.75 Å². The molecule has 0 fully saturated rings. The van der Waals surface area contributed by atoms with Crippen LogP contribution in [0.2, 0.25) is 0 Å². The summed E-state index contributed by atoms with van der Waals surface area (Å²) in [5.41, 5.74) is 5.54. The van der Waals surface area contributed by atoms with Crippen molar-refractivity contribution in [3.05, 3.63) is 87.4 Å². The quantitative estimate of drug-likeness (QED) is 0.164. The lowest BCUT2D eigenvalue weighted by Crippen LogP contribution is -2.32. The first-order chi connectivity index (χ1) is 16.3. The SMILES string of the molecule is COc1cc(/C=N/NC(=O)C(=O)Nc2ccc(C)cc2C)ccc1OC(=O)c1ccccc1Br. The molecule has 9 heteroatoms. The van der Waals surface area contributed by atoms with E-state index in [0.717, 1.165) is 11.1 Å². The Balaban J connectivity index is 1.62. The third-order valence-electron chi connectivity index (χ3n) is 4.70. The van der Waals surface area contributed by atoms with Gasteiger partial charge >= 0.3 is 17.8 Å². The van der Waals surface area contributed by atoms with Crippen LogP contribution in [0.5, 0.6) is 11.5 Å². The number of amides is 2. The van der Waals surface area contributed by atoms with Crippen LogP contribution in [0.15, 0.2) is 70.2 Å². The first-order valence-corrected chi connectivity index (χ1v) is 10.9. The lowest BCUT2D eigenvalue weighted by Gasteiger charge is -2.10. The van der Waals surface area contributed by atoms with E-state index in [1.165, 1.54) is 13.3 Å². The van der Waals surface area contributed by atoms with E-state index in [2.05, 4.69) is 31.8 Å². The molecule has 0 bridgehead atoms. The van der Waals surface area contributed by atoms with Gasteiger partial charge in [-0.1, -0.05) is 29.8 Å². The maximum atomic E-state index is 12.4. The van der Waals surface area contributed by atoms with Gasteiger partial charge in [-0.25, -0.2) is 10.2 Å². The molecule has 3 rings (SSSR count). The van der Waals surface area contributed by atoms with E-state index >= 15 is 0 Å². The maximum Gasteiger partial charge on any atom is 0.344 e. The standard InChI is InChI=1S/C25H22BrN3O5/c1-15-8-10-20(16(2)12-15)28-23(30)24(31)29-27-14-17-9-11-21(22(13-17)33-3)34-25(32)18-6-4-5-7-19(18)26/h4-14H,1-3H3,(H,28,30)(H,29,31)/b27-14+. The van der Waals surface area contributed by atoms with Crippen LogP contribution in [0.25, 0.3) is 0 Å². The fraction of sp³-hybridized carbons (Fsp3) is 0.120. The minimum Gasteiger partial charge on any atom is -0.493 e. The van der Waals surface area contributed by atoms with E-state index in [9.17, 15) is 14.4 Å². The van der Waals surface area contributed by atoms with Crippen LogP contribution in [0.1, 0.15) is 27.0 Å². The van der Waals surface area contributed by atoms with Gasteiger partial charge in [-0.2, -0.15) is 5.10 Å². The molecule has 2 amide bonds. The monoisotopic (exact) mass is 523 g/mol. The van der Waals surface area contributed by atoms with Crippen molar-refractivity contribution < 1.29 is 23.9 Å². The summed E-state index contributed by atoms with van der Waals surface area (Å²) in [5, 5.41) is 6.36. The molecule has 0 aliphatic carbocycles. The number of carbonyl (C=O) groups excluding carboxylic acids is 3. The molecular weight excluding hydrogens is 502 g/mol. The number of hydrogen-bond donors (Lipinski definition) is 2. The topological polar surface area (TPSA) is 106 Å². The number of ether oxygens (including phenoxy) is 2. The van der Waals surface area contributed by atoms with Gasteiger partial charge < -0.3 is 14.8 Å². The number of nitrogens with one attached hydrogen (secondary N) is 2. The first-order valence-electron chi connectivity index (χ1n) is 10.1. The highest BCUT2D eigenvalue weighted by Gasteiger charge is 2.16. The number of rotatable bonds is 6. The van der Waals surface area contributed by atoms with Crippen LogP contribution in [0, 0.1) is 13.8 Å². The number of hydrazone groups is 1. The zero-order valence-corrected chi connectivity index (χ0v) is 20.3. The third-order valence-corrected chi connectivity index (χ3v) is 5.39. The minimum absolute atomic E-state index is 0.220. The van der Waals surface area contributed by atoms with Crippen molar-refractivity contribution in [3.8, 4) is 11.5 Å². The smallest absolute Gasteiger partial charge is 0.344 e. The summed E-state index contributed by atoms with van der Waals surface area (Å²) >= 11 is 3.32. The largest absolute Gasteiger partial charge is 0.493 e. The lowest BCUT2D eigenvalue weighted by molar-refractivity contribution is -0.136. The molecule has 0 heterocycles. The molecular formula is C25H22BrN3O5. The molecule has 2 N–H and O–H groups in total. The highest BCUT2D eigenvalue weighted by molar-refractivity contribution is 9.10. The summed E-state index contributed by atoms with van der Waals surface area (Å²) in [6, 6.07) is 17.1. The van der Waals surface area contributed by atoms with Gasteiger partial charge in [0.25, 0.3) is 0 Å². The van der Waals surface area contributed by atoms with Crippen LogP contribution in [0.3, 0.4) is 0 Å². The molecule has 0 unspecified atom stereocenters. The molecule has 0 atom stereocenters. The van der Waals surface area contributed by atoms with Crippen LogP contribution >= 0.6 is 15.9 Å². The van der Waals surface area contributed by atoms with E-state index < -0.39 is 17.8 Å². The molecule has 174 valence electrons. The van der Waals surface area contributed by atoms with Crippen molar-refractivity contribution in [2.75, 3.05) is 12.4 Å². The molecule has 0 aliphatic rings. The second-order valence-corrected chi connectivity index (χ2v) is 8.11. The first kappa shape index (κ1) is 24.7. The molecule has 3 aromatic carbocycles. The van der Waals surface area contributed by atoms with Crippen molar-refractivity contribution >= 4 is 45.6 Å². The number of nitrogens with zero attached hydrogens (tertiary/aromatic N) is 1. The lowest BCUT2D eigenvalue weighted by atomic mass is 10.1. The van der Waals surface area contributed by atoms with Crippen LogP contribution in [-0.4, -0.2) is 31.1 Å². The number of methoxy groups -OCH3 is 1. The van der Waals surface area contributed by atoms with E-state index in [1.54, 1.807) is 48.5 Å². The fourth-order valence-electron chi connectivity index (χ4n) is 2.98. The fourth-order valence-corrected chi connectivity index (χ4v) is 3.43. The van der Waals surface area contributed by atoms with Crippen molar-refractivity contribution in [1.29, 1.82) is 0 Å². The van der Waals surface area contributed by atoms with Crippen molar-refractivity contribution in [1.82, 2.24) is 5.43 Å². The zero-order valence-electron chi connectivity index (χ0n) is 18.7. The van der Waals surface area contributed by atoms with Gasteiger partial charge in [-0.05, 0) is 77.3 Å². The van der Waals surface area contributed by atoms with Gasteiger partial charge in [0.2, 0.25) is 0 Å². The predicted molar refractivity (Wildman–Crippen MR) is 132 cm³/mol. The van der Waals surface area contributed by atoms with Gasteiger partial charge in [0.05, 0.1) is 18.9 Å². The molecule has 34 heavy (non-hydrogen) atoms. The molecule has 3 aromatic rings. The Morgan fingerprint density at radius 1 is 0.941 bits per heavy atom. The Bertz CT molecular complexity index is 1270. The average Bonchev–Trinajstić information content (AvgIpc) is 2.81. The summed E-state index contributed by atoms with van der Waals surface area (Å²) in [6.07, 6.45) is 1.34. The molecule has 0 aliphatic heterocycles. The van der Waals surface area contributed by atoms with Crippen LogP contribution in [-0.2, 0) is 9.59 Å². The molecule has 8 nitrogen and oxygen atoms in total. The number of benzene rings is 3. The molecule has 0 spiro atoms. The summed E-state index contributed by atoms with van der Waals surface area (Å²) in [5.74, 6) is -1.78. The highest BCUT2D eigenvalue weighted by atomic mass is 79.9. The summed E-state index contributed by atoms with van der Waals surface area (Å²) in [6.45, 7) is 3.78. The van der Waals surface area contributed by atoms with Gasteiger partial charge in [-0.3, -0.25) is 9.59 Å². The van der Waals surface area contributed by atoms with Gasteiger partial charge in [0.15, 0.2) is 11.5 Å². The Kier molecular flexibility index (Phi) is 8.15. The summed E-state index contributed by atoms with van der Waals surface area (Å²) in [4.78, 5) is 36.6. The Labute approximate surface area is 205 Å². The Morgan fingerprint density at radius 3 is 2.41 bits per heavy atom. The number of halogens is 1. The number of anilines is 1.